The second-order valence-electron chi connectivity index (χ2n) is 5.90. The summed E-state index contributed by atoms with van der Waals surface area (Å²) in [6.07, 6.45) is 1.08. The first-order valence-corrected chi connectivity index (χ1v) is 8.36. The fourth-order valence-electron chi connectivity index (χ4n) is 2.28. The van der Waals surface area contributed by atoms with Crippen LogP contribution in [0.1, 0.15) is 22.3 Å². The molecule has 6 nitrogen and oxygen atoms in total. The van der Waals surface area contributed by atoms with Crippen molar-refractivity contribution in [1.82, 2.24) is 0 Å². The van der Waals surface area contributed by atoms with Gasteiger partial charge in [0.05, 0.1) is 19.3 Å². The largest absolute Gasteiger partial charge is 0.491 e. The molecule has 1 atom stereocenters. The minimum atomic E-state index is -0.440. The van der Waals surface area contributed by atoms with Gasteiger partial charge in [-0.2, -0.15) is 0 Å². The summed E-state index contributed by atoms with van der Waals surface area (Å²) in [6.45, 7) is 1.26. The molecule has 1 saturated heterocycles. The van der Waals surface area contributed by atoms with Crippen LogP contribution in [0.2, 0.25) is 0 Å². The minimum absolute atomic E-state index is 0.190. The number of rotatable bonds is 8. The molecule has 1 unspecified atom stereocenters. The van der Waals surface area contributed by atoms with Crippen LogP contribution in [0.3, 0.4) is 0 Å². The van der Waals surface area contributed by atoms with Crippen molar-refractivity contribution in [3.05, 3.63) is 59.7 Å². The van der Waals surface area contributed by atoms with E-state index in [1.165, 1.54) is 7.11 Å². The van der Waals surface area contributed by atoms with Gasteiger partial charge in [-0.05, 0) is 48.4 Å². The molecule has 0 aliphatic carbocycles. The Morgan fingerprint density at radius 1 is 1.04 bits per heavy atom. The summed E-state index contributed by atoms with van der Waals surface area (Å²) in [4.78, 5) is 23.3. The van der Waals surface area contributed by atoms with Gasteiger partial charge in [0.2, 0.25) is 0 Å². The SMILES string of the molecule is COC(=O)CCc1ccc(OC(=O)c2ccc(OCC3CO3)cc2)cc1. The Bertz CT molecular complexity index is 747. The number of carbonyl (C=O) groups excluding carboxylic acids is 2. The first kappa shape index (κ1) is 17.9. The molecule has 26 heavy (non-hydrogen) atoms. The summed E-state index contributed by atoms with van der Waals surface area (Å²) in [5.41, 5.74) is 1.41. The Kier molecular flexibility index (Phi) is 5.86. The van der Waals surface area contributed by atoms with Crippen LogP contribution in [-0.2, 0) is 20.7 Å². The van der Waals surface area contributed by atoms with Crippen molar-refractivity contribution >= 4 is 11.9 Å². The molecule has 0 bridgehead atoms. The van der Waals surface area contributed by atoms with Gasteiger partial charge in [0.15, 0.2) is 0 Å². The average Bonchev–Trinajstić information content (AvgIpc) is 3.50. The van der Waals surface area contributed by atoms with Gasteiger partial charge < -0.3 is 18.9 Å². The molecule has 1 aliphatic rings. The van der Waals surface area contributed by atoms with Crippen LogP contribution < -0.4 is 9.47 Å². The molecule has 2 aromatic carbocycles. The normalized spacial score (nSPS) is 15.2. The first-order chi connectivity index (χ1) is 12.6. The molecular formula is C20H20O6. The molecule has 1 heterocycles. The van der Waals surface area contributed by atoms with Crippen molar-refractivity contribution in [2.45, 2.75) is 18.9 Å². The maximum Gasteiger partial charge on any atom is 0.343 e. The van der Waals surface area contributed by atoms with E-state index in [1.807, 2.05) is 12.1 Å². The molecule has 0 aromatic heterocycles. The van der Waals surface area contributed by atoms with Gasteiger partial charge in [-0.1, -0.05) is 12.1 Å². The van der Waals surface area contributed by atoms with E-state index in [0.29, 0.717) is 36.5 Å². The maximum atomic E-state index is 12.2. The summed E-state index contributed by atoms with van der Waals surface area (Å²) in [7, 11) is 1.37. The molecule has 0 amide bonds. The van der Waals surface area contributed by atoms with Gasteiger partial charge >= 0.3 is 11.9 Å². The van der Waals surface area contributed by atoms with Crippen LogP contribution in [0.25, 0.3) is 0 Å². The van der Waals surface area contributed by atoms with E-state index in [4.69, 9.17) is 14.2 Å². The maximum absolute atomic E-state index is 12.2. The standard InChI is InChI=1S/C20H20O6/c1-23-19(21)11-4-14-2-7-17(8-3-14)26-20(22)15-5-9-16(10-6-15)24-12-18-13-25-18/h2-3,5-10,18H,4,11-13H2,1H3. The predicted octanol–water partition coefficient (Wildman–Crippen LogP) is 2.79. The lowest BCUT2D eigenvalue weighted by Crippen LogP contribution is -2.09. The van der Waals surface area contributed by atoms with Crippen LogP contribution in [0.15, 0.2) is 48.5 Å². The highest BCUT2D eigenvalue weighted by Crippen LogP contribution is 2.18. The van der Waals surface area contributed by atoms with E-state index in [0.717, 1.165) is 12.2 Å². The minimum Gasteiger partial charge on any atom is -0.491 e. The van der Waals surface area contributed by atoms with Crippen LogP contribution in [0, 0.1) is 0 Å². The van der Waals surface area contributed by atoms with Gasteiger partial charge in [-0.15, -0.1) is 0 Å². The Hall–Kier alpha value is -2.86. The summed E-state index contributed by atoms with van der Waals surface area (Å²) in [5.74, 6) is 0.442. The monoisotopic (exact) mass is 356 g/mol. The fraction of sp³-hybridized carbons (Fsp3) is 0.300. The lowest BCUT2D eigenvalue weighted by atomic mass is 10.1. The van der Waals surface area contributed by atoms with E-state index in [9.17, 15) is 9.59 Å². The van der Waals surface area contributed by atoms with Crippen LogP contribution in [0.4, 0.5) is 0 Å². The predicted molar refractivity (Wildman–Crippen MR) is 93.4 cm³/mol. The van der Waals surface area contributed by atoms with Crippen molar-refractivity contribution in [3.63, 3.8) is 0 Å². The molecule has 1 aliphatic heterocycles. The van der Waals surface area contributed by atoms with Gasteiger partial charge in [0, 0.05) is 6.42 Å². The quantitative estimate of drug-likeness (QED) is 0.411. The van der Waals surface area contributed by atoms with Gasteiger partial charge in [0.25, 0.3) is 0 Å². The molecule has 2 aromatic rings. The molecule has 0 N–H and O–H groups in total. The lowest BCUT2D eigenvalue weighted by molar-refractivity contribution is -0.140. The highest BCUT2D eigenvalue weighted by molar-refractivity contribution is 5.91. The summed E-state index contributed by atoms with van der Waals surface area (Å²) in [6, 6.07) is 13.8. The van der Waals surface area contributed by atoms with E-state index < -0.39 is 5.97 Å². The smallest absolute Gasteiger partial charge is 0.343 e. The van der Waals surface area contributed by atoms with Gasteiger partial charge in [-0.3, -0.25) is 4.79 Å². The highest BCUT2D eigenvalue weighted by Gasteiger charge is 2.23. The molecule has 0 saturated carbocycles. The third-order valence-electron chi connectivity index (χ3n) is 3.91. The lowest BCUT2D eigenvalue weighted by Gasteiger charge is -2.07. The number of esters is 2. The fourth-order valence-corrected chi connectivity index (χ4v) is 2.28. The Balaban J connectivity index is 1.51. The van der Waals surface area contributed by atoms with Crippen LogP contribution in [0.5, 0.6) is 11.5 Å². The molecule has 1 fully saturated rings. The average molecular weight is 356 g/mol. The molecule has 6 heteroatoms. The molecule has 3 rings (SSSR count). The van der Waals surface area contributed by atoms with Crippen LogP contribution in [-0.4, -0.2) is 38.4 Å². The van der Waals surface area contributed by atoms with E-state index >= 15 is 0 Å². The number of aryl methyl sites for hydroxylation is 1. The van der Waals surface area contributed by atoms with E-state index in [-0.39, 0.29) is 12.1 Å². The van der Waals surface area contributed by atoms with Gasteiger partial charge in [-0.25, -0.2) is 4.79 Å². The Labute approximate surface area is 151 Å². The van der Waals surface area contributed by atoms with E-state index in [1.54, 1.807) is 36.4 Å². The number of epoxide rings is 1. The molecule has 136 valence electrons. The number of carbonyl (C=O) groups is 2. The second kappa shape index (κ2) is 8.49. The third-order valence-corrected chi connectivity index (χ3v) is 3.91. The molecular weight excluding hydrogens is 336 g/mol. The van der Waals surface area contributed by atoms with Crippen molar-refractivity contribution in [2.24, 2.45) is 0 Å². The Morgan fingerprint density at radius 2 is 1.69 bits per heavy atom. The number of ether oxygens (including phenoxy) is 4. The van der Waals surface area contributed by atoms with Crippen molar-refractivity contribution in [2.75, 3.05) is 20.3 Å². The van der Waals surface area contributed by atoms with Crippen molar-refractivity contribution < 1.29 is 28.5 Å². The first-order valence-electron chi connectivity index (χ1n) is 8.36. The zero-order chi connectivity index (χ0) is 18.4. The number of benzene rings is 2. The summed E-state index contributed by atoms with van der Waals surface area (Å²) in [5, 5.41) is 0. The highest BCUT2D eigenvalue weighted by atomic mass is 16.6. The summed E-state index contributed by atoms with van der Waals surface area (Å²) >= 11 is 0. The zero-order valence-electron chi connectivity index (χ0n) is 14.5. The van der Waals surface area contributed by atoms with Crippen molar-refractivity contribution in [1.29, 1.82) is 0 Å². The number of methoxy groups -OCH3 is 1. The van der Waals surface area contributed by atoms with Crippen LogP contribution >= 0.6 is 0 Å². The molecule has 0 radical (unpaired) electrons. The Morgan fingerprint density at radius 3 is 2.31 bits per heavy atom. The number of hydrogen-bond donors (Lipinski definition) is 0. The molecule has 0 spiro atoms. The van der Waals surface area contributed by atoms with E-state index in [2.05, 4.69) is 4.74 Å². The second-order valence-corrected chi connectivity index (χ2v) is 5.90. The zero-order valence-corrected chi connectivity index (χ0v) is 14.5. The van der Waals surface area contributed by atoms with Crippen molar-refractivity contribution in [3.8, 4) is 11.5 Å². The topological polar surface area (TPSA) is 74.4 Å². The third kappa shape index (κ3) is 5.32. The van der Waals surface area contributed by atoms with Gasteiger partial charge in [0.1, 0.15) is 24.2 Å². The summed E-state index contributed by atoms with van der Waals surface area (Å²) < 4.78 is 20.6. The number of hydrogen-bond acceptors (Lipinski definition) is 6.